The number of hydrazone groups is 1. The second-order valence-electron chi connectivity index (χ2n) is 4.94. The summed E-state index contributed by atoms with van der Waals surface area (Å²) in [6, 6.07) is 12.7. The minimum atomic E-state index is -0.423. The number of carbonyl (C=O) groups excluding carboxylic acids is 1. The smallest absolute Gasteiger partial charge is 0.307 e. The van der Waals surface area contributed by atoms with Crippen LogP contribution >= 0.6 is 0 Å². The number of amides is 1. The predicted octanol–water partition coefficient (Wildman–Crippen LogP) is 3.21. The monoisotopic (exact) mass is 324 g/mol. The fourth-order valence-corrected chi connectivity index (χ4v) is 2.36. The molecule has 0 fully saturated rings. The van der Waals surface area contributed by atoms with E-state index in [1.807, 2.05) is 30.3 Å². The number of rotatable bonds is 5. The fraction of sp³-hybridized carbons (Fsp3) is 0.111. The Morgan fingerprint density at radius 3 is 2.71 bits per heavy atom. The van der Waals surface area contributed by atoms with Gasteiger partial charge in [0.1, 0.15) is 11.5 Å². The highest BCUT2D eigenvalue weighted by Crippen LogP contribution is 2.29. The number of methoxy groups -OCH3 is 2. The first-order valence-electron chi connectivity index (χ1n) is 7.24. The van der Waals surface area contributed by atoms with Crippen molar-refractivity contribution in [2.24, 2.45) is 5.10 Å². The summed E-state index contributed by atoms with van der Waals surface area (Å²) in [5.41, 5.74) is 3.17. The Balaban J connectivity index is 1.94. The number of carbonyl (C=O) groups is 1. The van der Waals surface area contributed by atoms with Crippen LogP contribution in [0.15, 0.2) is 58.2 Å². The van der Waals surface area contributed by atoms with Gasteiger partial charge in [0.15, 0.2) is 5.76 Å². The molecule has 6 nitrogen and oxygen atoms in total. The predicted molar refractivity (Wildman–Crippen MR) is 90.8 cm³/mol. The molecule has 0 saturated carbocycles. The van der Waals surface area contributed by atoms with E-state index in [2.05, 4.69) is 10.5 Å². The van der Waals surface area contributed by atoms with Crippen molar-refractivity contribution in [3.63, 3.8) is 0 Å². The quantitative estimate of drug-likeness (QED) is 0.578. The Bertz CT molecular complexity index is 880. The van der Waals surface area contributed by atoms with Gasteiger partial charge in [0.2, 0.25) is 0 Å². The summed E-state index contributed by atoms with van der Waals surface area (Å²) in [7, 11) is 3.19. The van der Waals surface area contributed by atoms with Gasteiger partial charge in [-0.3, -0.25) is 4.79 Å². The molecule has 3 rings (SSSR count). The number of nitrogens with one attached hydrogen (secondary N) is 1. The van der Waals surface area contributed by atoms with Crippen molar-refractivity contribution in [3.05, 3.63) is 60.1 Å². The van der Waals surface area contributed by atoms with Crippen LogP contribution in [0.2, 0.25) is 0 Å². The van der Waals surface area contributed by atoms with Gasteiger partial charge in [-0.25, -0.2) is 5.43 Å². The molecule has 0 aliphatic heterocycles. The van der Waals surface area contributed by atoms with Gasteiger partial charge in [-0.1, -0.05) is 12.1 Å². The van der Waals surface area contributed by atoms with Gasteiger partial charge in [-0.2, -0.15) is 5.10 Å². The molecule has 1 N–H and O–H groups in total. The van der Waals surface area contributed by atoms with Crippen LogP contribution in [0.5, 0.6) is 11.5 Å². The summed E-state index contributed by atoms with van der Waals surface area (Å²) in [4.78, 5) is 11.8. The summed E-state index contributed by atoms with van der Waals surface area (Å²) in [6.07, 6.45) is 2.97. The molecule has 6 heteroatoms. The molecule has 3 aromatic rings. The first kappa shape index (κ1) is 15.6. The third-order valence-electron chi connectivity index (χ3n) is 3.55. The number of ether oxygens (including phenoxy) is 2. The highest BCUT2D eigenvalue weighted by molar-refractivity contribution is 6.03. The number of furan rings is 1. The maximum Gasteiger partial charge on any atom is 0.307 e. The fourth-order valence-electron chi connectivity index (χ4n) is 2.36. The lowest BCUT2D eigenvalue weighted by molar-refractivity contribution is 0.0927. The lowest BCUT2D eigenvalue weighted by Crippen LogP contribution is -2.16. The Morgan fingerprint density at radius 2 is 2.00 bits per heavy atom. The molecule has 0 aliphatic rings. The SMILES string of the molecule is COc1ccc2ccc(OC)c(/C=N/NC(=O)c3ccco3)c2c1. The van der Waals surface area contributed by atoms with E-state index in [4.69, 9.17) is 13.9 Å². The van der Waals surface area contributed by atoms with Crippen molar-refractivity contribution in [1.82, 2.24) is 5.43 Å². The summed E-state index contributed by atoms with van der Waals surface area (Å²) in [5.74, 6) is 1.14. The Hall–Kier alpha value is -3.28. The molecule has 0 saturated heterocycles. The highest BCUT2D eigenvalue weighted by Gasteiger charge is 2.09. The topological polar surface area (TPSA) is 73.1 Å². The van der Waals surface area contributed by atoms with Crippen LogP contribution in [0.3, 0.4) is 0 Å². The summed E-state index contributed by atoms with van der Waals surface area (Å²) >= 11 is 0. The normalized spacial score (nSPS) is 10.9. The number of fused-ring (bicyclic) bond motifs is 1. The van der Waals surface area contributed by atoms with E-state index in [1.165, 1.54) is 6.26 Å². The van der Waals surface area contributed by atoms with Gasteiger partial charge in [-0.15, -0.1) is 0 Å². The molecule has 0 aliphatic carbocycles. The molecular weight excluding hydrogens is 308 g/mol. The molecule has 0 atom stereocenters. The van der Waals surface area contributed by atoms with Gasteiger partial charge in [0, 0.05) is 5.56 Å². The summed E-state index contributed by atoms with van der Waals surface area (Å²) in [5, 5.41) is 5.92. The van der Waals surface area contributed by atoms with Crippen LogP contribution in [0.25, 0.3) is 10.8 Å². The van der Waals surface area contributed by atoms with Crippen molar-refractivity contribution in [3.8, 4) is 11.5 Å². The zero-order valence-corrected chi connectivity index (χ0v) is 13.3. The molecule has 1 aromatic heterocycles. The largest absolute Gasteiger partial charge is 0.497 e. The minimum Gasteiger partial charge on any atom is -0.497 e. The van der Waals surface area contributed by atoms with Crippen molar-refractivity contribution in [2.75, 3.05) is 14.2 Å². The number of nitrogens with zero attached hydrogens (tertiary/aromatic N) is 1. The second kappa shape index (κ2) is 6.87. The number of hydrogen-bond donors (Lipinski definition) is 1. The van der Waals surface area contributed by atoms with E-state index >= 15 is 0 Å². The Kier molecular flexibility index (Phi) is 4.47. The summed E-state index contributed by atoms with van der Waals surface area (Å²) in [6.45, 7) is 0. The van der Waals surface area contributed by atoms with E-state index in [0.29, 0.717) is 5.75 Å². The van der Waals surface area contributed by atoms with Gasteiger partial charge in [0.25, 0.3) is 0 Å². The zero-order chi connectivity index (χ0) is 16.9. The van der Waals surface area contributed by atoms with Gasteiger partial charge < -0.3 is 13.9 Å². The zero-order valence-electron chi connectivity index (χ0n) is 13.3. The summed E-state index contributed by atoms with van der Waals surface area (Å²) < 4.78 is 15.7. The third-order valence-corrected chi connectivity index (χ3v) is 3.55. The maximum absolute atomic E-state index is 11.8. The van der Waals surface area contributed by atoms with Gasteiger partial charge in [-0.05, 0) is 41.1 Å². The maximum atomic E-state index is 11.8. The van der Waals surface area contributed by atoms with Gasteiger partial charge in [0.05, 0.1) is 26.7 Å². The van der Waals surface area contributed by atoms with Crippen molar-refractivity contribution >= 4 is 22.9 Å². The van der Waals surface area contributed by atoms with Crippen LogP contribution < -0.4 is 14.9 Å². The average Bonchev–Trinajstić information content (AvgIpc) is 3.16. The molecule has 0 radical (unpaired) electrons. The molecule has 24 heavy (non-hydrogen) atoms. The van der Waals surface area contributed by atoms with E-state index < -0.39 is 5.91 Å². The highest BCUT2D eigenvalue weighted by atomic mass is 16.5. The molecule has 0 unspecified atom stereocenters. The Labute approximate surface area is 138 Å². The van der Waals surface area contributed by atoms with Crippen molar-refractivity contribution in [2.45, 2.75) is 0 Å². The third kappa shape index (κ3) is 3.08. The van der Waals surface area contributed by atoms with Crippen LogP contribution in [0, 0.1) is 0 Å². The molecule has 0 spiro atoms. The molecule has 122 valence electrons. The molecule has 0 bridgehead atoms. The average molecular weight is 324 g/mol. The first-order chi connectivity index (χ1) is 11.7. The molecule has 1 amide bonds. The van der Waals surface area contributed by atoms with Crippen LogP contribution in [-0.2, 0) is 0 Å². The minimum absolute atomic E-state index is 0.193. The van der Waals surface area contributed by atoms with Crippen LogP contribution in [0.4, 0.5) is 0 Å². The molecule has 1 heterocycles. The van der Waals surface area contributed by atoms with Crippen molar-refractivity contribution in [1.29, 1.82) is 0 Å². The van der Waals surface area contributed by atoms with E-state index in [1.54, 1.807) is 32.6 Å². The first-order valence-corrected chi connectivity index (χ1v) is 7.24. The van der Waals surface area contributed by atoms with E-state index in [0.717, 1.165) is 22.1 Å². The second-order valence-corrected chi connectivity index (χ2v) is 4.94. The standard InChI is InChI=1S/C18H16N2O4/c1-22-13-7-5-12-6-8-16(23-2)15(14(12)10-13)11-19-20-18(21)17-4-3-9-24-17/h3-11H,1-2H3,(H,20,21)/b19-11+. The lowest BCUT2D eigenvalue weighted by Gasteiger charge is -2.10. The lowest BCUT2D eigenvalue weighted by atomic mass is 10.0. The van der Waals surface area contributed by atoms with Crippen molar-refractivity contribution < 1.29 is 18.7 Å². The van der Waals surface area contributed by atoms with Crippen LogP contribution in [0.1, 0.15) is 16.1 Å². The van der Waals surface area contributed by atoms with E-state index in [-0.39, 0.29) is 5.76 Å². The number of hydrogen-bond acceptors (Lipinski definition) is 5. The number of benzene rings is 2. The van der Waals surface area contributed by atoms with Gasteiger partial charge >= 0.3 is 5.91 Å². The van der Waals surface area contributed by atoms with Crippen LogP contribution in [-0.4, -0.2) is 26.3 Å². The van der Waals surface area contributed by atoms with E-state index in [9.17, 15) is 4.79 Å². The molecular formula is C18H16N2O4. The Morgan fingerprint density at radius 1 is 1.17 bits per heavy atom. The molecule has 2 aromatic carbocycles.